The van der Waals surface area contributed by atoms with E-state index >= 15 is 0 Å². The number of nitrogens with one attached hydrogen (secondary N) is 1. The summed E-state index contributed by atoms with van der Waals surface area (Å²) in [6.07, 6.45) is 0. The first kappa shape index (κ1) is 8.41. The molecular formula is C6H6FN3O2. The summed E-state index contributed by atoms with van der Waals surface area (Å²) in [7, 11) is 0. The Kier molecular flexibility index (Phi) is 2.20. The molecule has 0 saturated heterocycles. The lowest BCUT2D eigenvalue weighted by Crippen LogP contribution is -2.09. The highest BCUT2D eigenvalue weighted by Crippen LogP contribution is 2.25. The summed E-state index contributed by atoms with van der Waals surface area (Å²) >= 11 is 0. The SMILES string of the molecule is NNc1cccc(F)c1[N+](=O)[O-]. The first-order valence-electron chi connectivity index (χ1n) is 3.06. The Balaban J connectivity index is 3.29. The van der Waals surface area contributed by atoms with Crippen LogP contribution in [0.5, 0.6) is 0 Å². The van der Waals surface area contributed by atoms with Crippen molar-refractivity contribution in [2.45, 2.75) is 0 Å². The van der Waals surface area contributed by atoms with E-state index in [0.717, 1.165) is 6.07 Å². The van der Waals surface area contributed by atoms with Gasteiger partial charge in [0.1, 0.15) is 5.69 Å². The van der Waals surface area contributed by atoms with Crippen LogP contribution in [0.25, 0.3) is 0 Å². The number of hydrazine groups is 1. The molecule has 0 bridgehead atoms. The first-order valence-corrected chi connectivity index (χ1v) is 3.06. The van der Waals surface area contributed by atoms with E-state index in [1.807, 2.05) is 5.43 Å². The predicted molar refractivity (Wildman–Crippen MR) is 40.9 cm³/mol. The lowest BCUT2D eigenvalue weighted by Gasteiger charge is -2.00. The van der Waals surface area contributed by atoms with Crippen molar-refractivity contribution < 1.29 is 9.31 Å². The van der Waals surface area contributed by atoms with Gasteiger partial charge in [-0.25, -0.2) is 0 Å². The molecule has 1 aromatic carbocycles. The van der Waals surface area contributed by atoms with Gasteiger partial charge < -0.3 is 5.43 Å². The van der Waals surface area contributed by atoms with Crippen molar-refractivity contribution in [2.75, 3.05) is 5.43 Å². The molecule has 0 spiro atoms. The molecule has 0 amide bonds. The van der Waals surface area contributed by atoms with E-state index in [9.17, 15) is 14.5 Å². The Labute approximate surface area is 67.1 Å². The standard InChI is InChI=1S/C6H6FN3O2/c7-4-2-1-3-5(9-8)6(4)10(11)12/h1-3,9H,8H2. The molecule has 1 aromatic rings. The molecule has 3 N–H and O–H groups in total. The highest BCUT2D eigenvalue weighted by molar-refractivity contribution is 5.61. The molecule has 0 unspecified atom stereocenters. The van der Waals surface area contributed by atoms with Crippen LogP contribution in [-0.2, 0) is 0 Å². The lowest BCUT2D eigenvalue weighted by atomic mass is 10.2. The minimum absolute atomic E-state index is 0.0417. The van der Waals surface area contributed by atoms with Crippen LogP contribution in [-0.4, -0.2) is 4.92 Å². The minimum Gasteiger partial charge on any atom is -0.318 e. The van der Waals surface area contributed by atoms with E-state index in [-0.39, 0.29) is 5.69 Å². The first-order chi connectivity index (χ1) is 5.66. The predicted octanol–water partition coefficient (Wildman–Crippen LogP) is 1.02. The number of rotatable bonds is 2. The number of nitro groups is 1. The molecule has 64 valence electrons. The van der Waals surface area contributed by atoms with Gasteiger partial charge >= 0.3 is 5.69 Å². The molecule has 5 nitrogen and oxygen atoms in total. The fraction of sp³-hybridized carbons (Fsp3) is 0. The number of para-hydroxylation sites is 1. The molecule has 0 aliphatic heterocycles. The van der Waals surface area contributed by atoms with Gasteiger partial charge in [0.2, 0.25) is 5.82 Å². The second-order valence-electron chi connectivity index (χ2n) is 2.04. The number of nitro benzene ring substituents is 1. The number of nitrogens with zero attached hydrogens (tertiary/aromatic N) is 1. The molecule has 0 aromatic heterocycles. The van der Waals surface area contributed by atoms with Gasteiger partial charge in [0.05, 0.1) is 4.92 Å². The maximum atomic E-state index is 12.8. The van der Waals surface area contributed by atoms with Gasteiger partial charge in [-0.15, -0.1) is 0 Å². The van der Waals surface area contributed by atoms with Crippen molar-refractivity contribution in [3.05, 3.63) is 34.1 Å². The van der Waals surface area contributed by atoms with Crippen LogP contribution in [0.15, 0.2) is 18.2 Å². The molecule has 0 radical (unpaired) electrons. The van der Waals surface area contributed by atoms with E-state index in [2.05, 4.69) is 0 Å². The largest absolute Gasteiger partial charge is 0.328 e. The zero-order chi connectivity index (χ0) is 9.14. The topological polar surface area (TPSA) is 81.2 Å². The number of anilines is 1. The molecule has 0 atom stereocenters. The zero-order valence-corrected chi connectivity index (χ0v) is 5.95. The normalized spacial score (nSPS) is 9.50. The number of nitrogens with two attached hydrogens (primary N) is 1. The number of hydrogen-bond donors (Lipinski definition) is 2. The Morgan fingerprint density at radius 2 is 2.25 bits per heavy atom. The number of halogens is 1. The van der Waals surface area contributed by atoms with E-state index in [1.165, 1.54) is 12.1 Å². The Morgan fingerprint density at radius 1 is 1.58 bits per heavy atom. The summed E-state index contributed by atoms with van der Waals surface area (Å²) < 4.78 is 12.8. The van der Waals surface area contributed by atoms with Crippen LogP contribution in [0.4, 0.5) is 15.8 Å². The van der Waals surface area contributed by atoms with Crippen LogP contribution >= 0.6 is 0 Å². The number of nitrogen functional groups attached to an aromatic ring is 1. The van der Waals surface area contributed by atoms with Crippen LogP contribution in [0.2, 0.25) is 0 Å². The second-order valence-corrected chi connectivity index (χ2v) is 2.04. The smallest absolute Gasteiger partial charge is 0.318 e. The van der Waals surface area contributed by atoms with E-state index < -0.39 is 16.4 Å². The molecule has 0 heterocycles. The van der Waals surface area contributed by atoms with Gasteiger partial charge in [-0.1, -0.05) is 6.07 Å². The van der Waals surface area contributed by atoms with Gasteiger partial charge in [0, 0.05) is 0 Å². The highest BCUT2D eigenvalue weighted by atomic mass is 19.1. The van der Waals surface area contributed by atoms with Crippen molar-refractivity contribution in [3.8, 4) is 0 Å². The van der Waals surface area contributed by atoms with Crippen LogP contribution in [0.1, 0.15) is 0 Å². The van der Waals surface area contributed by atoms with Gasteiger partial charge in [-0.05, 0) is 12.1 Å². The quantitative estimate of drug-likeness (QED) is 0.395. The zero-order valence-electron chi connectivity index (χ0n) is 5.95. The van der Waals surface area contributed by atoms with Gasteiger partial charge in [0.25, 0.3) is 0 Å². The highest BCUT2D eigenvalue weighted by Gasteiger charge is 2.18. The fourth-order valence-corrected chi connectivity index (χ4v) is 0.817. The van der Waals surface area contributed by atoms with Crippen molar-refractivity contribution in [3.63, 3.8) is 0 Å². The molecule has 0 aliphatic carbocycles. The summed E-state index contributed by atoms with van der Waals surface area (Å²) in [5, 5.41) is 10.3. The average Bonchev–Trinajstić information content (AvgIpc) is 2.03. The Bertz CT molecular complexity index is 316. The van der Waals surface area contributed by atoms with Crippen LogP contribution < -0.4 is 11.3 Å². The average molecular weight is 171 g/mol. The maximum Gasteiger partial charge on any atom is 0.328 e. The van der Waals surface area contributed by atoms with Gasteiger partial charge in [0.15, 0.2) is 0 Å². The third-order valence-corrected chi connectivity index (χ3v) is 1.32. The molecule has 0 fully saturated rings. The molecule has 12 heavy (non-hydrogen) atoms. The monoisotopic (exact) mass is 171 g/mol. The number of hydrogen-bond acceptors (Lipinski definition) is 4. The summed E-state index contributed by atoms with van der Waals surface area (Å²) in [6.45, 7) is 0. The molecular weight excluding hydrogens is 165 g/mol. The van der Waals surface area contributed by atoms with Crippen molar-refractivity contribution in [1.29, 1.82) is 0 Å². The molecule has 0 aliphatic rings. The fourth-order valence-electron chi connectivity index (χ4n) is 0.817. The lowest BCUT2D eigenvalue weighted by molar-refractivity contribution is -0.386. The van der Waals surface area contributed by atoms with Gasteiger partial charge in [-0.2, -0.15) is 4.39 Å². The van der Waals surface area contributed by atoms with Gasteiger partial charge in [-0.3, -0.25) is 16.0 Å². The van der Waals surface area contributed by atoms with Crippen LogP contribution in [0.3, 0.4) is 0 Å². The Hall–Kier alpha value is -1.69. The second kappa shape index (κ2) is 3.14. The van der Waals surface area contributed by atoms with Crippen LogP contribution in [0, 0.1) is 15.9 Å². The van der Waals surface area contributed by atoms with E-state index in [4.69, 9.17) is 5.84 Å². The Morgan fingerprint density at radius 3 is 2.67 bits per heavy atom. The molecule has 0 saturated carbocycles. The minimum atomic E-state index is -0.907. The summed E-state index contributed by atoms with van der Waals surface area (Å²) in [4.78, 5) is 9.44. The third-order valence-electron chi connectivity index (χ3n) is 1.32. The summed E-state index contributed by atoms with van der Waals surface area (Å²) in [5.74, 6) is 4.03. The van der Waals surface area contributed by atoms with E-state index in [0.29, 0.717) is 0 Å². The third kappa shape index (κ3) is 1.32. The van der Waals surface area contributed by atoms with E-state index in [1.54, 1.807) is 0 Å². The van der Waals surface area contributed by atoms with Crippen molar-refractivity contribution >= 4 is 11.4 Å². The molecule has 6 heteroatoms. The number of benzene rings is 1. The summed E-state index contributed by atoms with van der Waals surface area (Å²) in [5.41, 5.74) is 1.36. The maximum absolute atomic E-state index is 12.8. The summed E-state index contributed by atoms with van der Waals surface area (Å²) in [6, 6.07) is 3.65. The van der Waals surface area contributed by atoms with Crippen molar-refractivity contribution in [2.24, 2.45) is 5.84 Å². The molecule has 1 rings (SSSR count). The van der Waals surface area contributed by atoms with Crippen molar-refractivity contribution in [1.82, 2.24) is 0 Å².